The molecule has 0 bridgehead atoms. The smallest absolute Gasteiger partial charge is 0.396 e. The molecule has 0 N–H and O–H groups in total. The first kappa shape index (κ1) is 11.1. The van der Waals surface area contributed by atoms with Crippen LogP contribution in [0.5, 0.6) is 0 Å². The van der Waals surface area contributed by atoms with Gasteiger partial charge in [-0.2, -0.15) is 0 Å². The van der Waals surface area contributed by atoms with Crippen molar-refractivity contribution >= 4 is 0 Å². The SMILES string of the molecule is O=c1oc2c(o1)CC(C1CCc3ccccc31)CC2. The van der Waals surface area contributed by atoms with Crippen LogP contribution >= 0.6 is 0 Å². The first-order chi connectivity index (χ1) is 9.31. The number of aryl methyl sites for hydroxylation is 2. The fraction of sp³-hybridized carbons (Fsp3) is 0.438. The molecule has 2 unspecified atom stereocenters. The molecule has 3 heteroatoms. The number of rotatable bonds is 1. The van der Waals surface area contributed by atoms with Gasteiger partial charge in [0.1, 0.15) is 11.5 Å². The Bertz CT molecular complexity index is 665. The van der Waals surface area contributed by atoms with Crippen molar-refractivity contribution in [2.75, 3.05) is 0 Å². The van der Waals surface area contributed by atoms with Gasteiger partial charge in [0, 0.05) is 12.8 Å². The van der Waals surface area contributed by atoms with Crippen molar-refractivity contribution in [3.05, 3.63) is 57.5 Å². The number of benzene rings is 1. The van der Waals surface area contributed by atoms with Crippen LogP contribution in [-0.4, -0.2) is 0 Å². The van der Waals surface area contributed by atoms with Gasteiger partial charge in [0.05, 0.1) is 0 Å². The van der Waals surface area contributed by atoms with E-state index in [1.54, 1.807) is 0 Å². The highest BCUT2D eigenvalue weighted by Gasteiger charge is 2.34. The predicted octanol–water partition coefficient (Wildman–Crippen LogP) is 3.07. The third-order valence-electron chi connectivity index (χ3n) is 4.66. The first-order valence-electron chi connectivity index (χ1n) is 7.01. The van der Waals surface area contributed by atoms with Gasteiger partial charge in [-0.25, -0.2) is 4.79 Å². The molecule has 0 amide bonds. The van der Waals surface area contributed by atoms with Crippen molar-refractivity contribution in [2.24, 2.45) is 5.92 Å². The summed E-state index contributed by atoms with van der Waals surface area (Å²) in [5.41, 5.74) is 2.99. The van der Waals surface area contributed by atoms with Crippen LogP contribution in [-0.2, 0) is 19.3 Å². The van der Waals surface area contributed by atoms with Crippen LogP contribution in [0.15, 0.2) is 37.9 Å². The van der Waals surface area contributed by atoms with E-state index in [0.717, 1.165) is 30.8 Å². The van der Waals surface area contributed by atoms with E-state index in [2.05, 4.69) is 24.3 Å². The zero-order chi connectivity index (χ0) is 12.8. The lowest BCUT2D eigenvalue weighted by atomic mass is 9.78. The monoisotopic (exact) mass is 256 g/mol. The van der Waals surface area contributed by atoms with E-state index < -0.39 is 5.82 Å². The van der Waals surface area contributed by atoms with Gasteiger partial charge in [-0.15, -0.1) is 0 Å². The van der Waals surface area contributed by atoms with Crippen LogP contribution in [0, 0.1) is 5.92 Å². The average Bonchev–Trinajstić information content (AvgIpc) is 2.99. The second kappa shape index (κ2) is 4.12. The Hall–Kier alpha value is -1.77. The maximum absolute atomic E-state index is 11.1. The molecule has 0 fully saturated rings. The predicted molar refractivity (Wildman–Crippen MR) is 70.3 cm³/mol. The summed E-state index contributed by atoms with van der Waals surface area (Å²) in [6.07, 6.45) is 5.18. The maximum atomic E-state index is 11.1. The highest BCUT2D eigenvalue weighted by molar-refractivity contribution is 5.35. The highest BCUT2D eigenvalue weighted by atomic mass is 16.6. The first-order valence-corrected chi connectivity index (χ1v) is 7.01. The maximum Gasteiger partial charge on any atom is 0.519 e. The summed E-state index contributed by atoms with van der Waals surface area (Å²) < 4.78 is 10.2. The van der Waals surface area contributed by atoms with E-state index >= 15 is 0 Å². The molecule has 0 saturated carbocycles. The van der Waals surface area contributed by atoms with Crippen molar-refractivity contribution in [1.29, 1.82) is 0 Å². The van der Waals surface area contributed by atoms with E-state index in [-0.39, 0.29) is 0 Å². The molecule has 2 aliphatic rings. The van der Waals surface area contributed by atoms with Crippen LogP contribution in [0.25, 0.3) is 0 Å². The van der Waals surface area contributed by atoms with E-state index in [4.69, 9.17) is 8.83 Å². The van der Waals surface area contributed by atoms with Crippen molar-refractivity contribution in [2.45, 2.75) is 38.0 Å². The Kier molecular flexibility index (Phi) is 2.40. The van der Waals surface area contributed by atoms with Gasteiger partial charge in [0.15, 0.2) is 0 Å². The largest absolute Gasteiger partial charge is 0.519 e. The molecule has 1 heterocycles. The summed E-state index contributed by atoms with van der Waals surface area (Å²) in [6, 6.07) is 8.74. The quantitative estimate of drug-likeness (QED) is 0.787. The Balaban J connectivity index is 1.64. The number of hydrogen-bond donors (Lipinski definition) is 0. The topological polar surface area (TPSA) is 43.4 Å². The summed E-state index contributed by atoms with van der Waals surface area (Å²) in [6.45, 7) is 0. The zero-order valence-corrected chi connectivity index (χ0v) is 10.7. The summed E-state index contributed by atoms with van der Waals surface area (Å²) in [5.74, 6) is 2.21. The Morgan fingerprint density at radius 1 is 1.00 bits per heavy atom. The van der Waals surface area contributed by atoms with Gasteiger partial charge >= 0.3 is 5.82 Å². The molecule has 2 atom stereocenters. The van der Waals surface area contributed by atoms with Gasteiger partial charge in [0.25, 0.3) is 0 Å². The van der Waals surface area contributed by atoms with E-state index in [1.165, 1.54) is 24.0 Å². The Morgan fingerprint density at radius 3 is 2.79 bits per heavy atom. The van der Waals surface area contributed by atoms with Crippen molar-refractivity contribution in [1.82, 2.24) is 0 Å². The van der Waals surface area contributed by atoms with E-state index in [0.29, 0.717) is 11.8 Å². The molecule has 1 aromatic carbocycles. The van der Waals surface area contributed by atoms with Crippen molar-refractivity contribution in [3.63, 3.8) is 0 Å². The lowest BCUT2D eigenvalue weighted by Gasteiger charge is -2.26. The average molecular weight is 256 g/mol. The lowest BCUT2D eigenvalue weighted by molar-refractivity contribution is 0.332. The second-order valence-corrected chi connectivity index (χ2v) is 5.65. The molecular formula is C16H16O3. The molecule has 3 nitrogen and oxygen atoms in total. The minimum atomic E-state index is -0.544. The second-order valence-electron chi connectivity index (χ2n) is 5.65. The number of fused-ring (bicyclic) bond motifs is 2. The summed E-state index contributed by atoms with van der Waals surface area (Å²) in [7, 11) is 0. The van der Waals surface area contributed by atoms with E-state index in [1.807, 2.05) is 0 Å². The lowest BCUT2D eigenvalue weighted by Crippen LogP contribution is -2.19. The highest BCUT2D eigenvalue weighted by Crippen LogP contribution is 2.43. The summed E-state index contributed by atoms with van der Waals surface area (Å²) >= 11 is 0. The third-order valence-corrected chi connectivity index (χ3v) is 4.66. The van der Waals surface area contributed by atoms with Gasteiger partial charge < -0.3 is 8.83 Å². The Labute approximate surface area is 111 Å². The van der Waals surface area contributed by atoms with Gasteiger partial charge in [-0.05, 0) is 42.2 Å². The van der Waals surface area contributed by atoms with E-state index in [9.17, 15) is 4.79 Å². The van der Waals surface area contributed by atoms with Gasteiger partial charge in [-0.3, -0.25) is 0 Å². The van der Waals surface area contributed by atoms with Crippen LogP contribution in [0.4, 0.5) is 0 Å². The van der Waals surface area contributed by atoms with Crippen LogP contribution in [0.1, 0.15) is 41.4 Å². The molecule has 0 radical (unpaired) electrons. The van der Waals surface area contributed by atoms with Crippen LogP contribution in [0.2, 0.25) is 0 Å². The van der Waals surface area contributed by atoms with Crippen molar-refractivity contribution < 1.29 is 8.83 Å². The molecule has 2 aromatic rings. The molecule has 0 spiro atoms. The van der Waals surface area contributed by atoms with Crippen LogP contribution < -0.4 is 5.82 Å². The molecule has 4 rings (SSSR count). The molecule has 1 aromatic heterocycles. The normalized spacial score (nSPS) is 25.1. The molecule has 19 heavy (non-hydrogen) atoms. The third kappa shape index (κ3) is 1.76. The minimum absolute atomic E-state index is 0.544. The molecule has 2 aliphatic carbocycles. The van der Waals surface area contributed by atoms with Gasteiger partial charge in [-0.1, -0.05) is 24.3 Å². The molecular weight excluding hydrogens is 240 g/mol. The van der Waals surface area contributed by atoms with Gasteiger partial charge in [0.2, 0.25) is 0 Å². The fourth-order valence-electron chi connectivity index (χ4n) is 3.76. The number of hydrogen-bond acceptors (Lipinski definition) is 3. The summed E-state index contributed by atoms with van der Waals surface area (Å²) in [5, 5.41) is 0. The minimum Gasteiger partial charge on any atom is -0.396 e. The summed E-state index contributed by atoms with van der Waals surface area (Å²) in [4.78, 5) is 11.1. The zero-order valence-electron chi connectivity index (χ0n) is 10.7. The van der Waals surface area contributed by atoms with Crippen molar-refractivity contribution in [3.8, 4) is 0 Å². The fourth-order valence-corrected chi connectivity index (χ4v) is 3.76. The molecule has 0 aliphatic heterocycles. The Morgan fingerprint density at radius 2 is 1.84 bits per heavy atom. The standard InChI is InChI=1S/C16H16O3/c17-16-18-14-8-6-11(9-15(14)19-16)13-7-5-10-3-1-2-4-12(10)13/h1-4,11,13H,5-9H2. The molecule has 0 saturated heterocycles. The molecule has 98 valence electrons. The van der Waals surface area contributed by atoms with Crippen LogP contribution in [0.3, 0.4) is 0 Å².